The number of furan rings is 1. The monoisotopic (exact) mass is 256 g/mol. The summed E-state index contributed by atoms with van der Waals surface area (Å²) in [6.07, 6.45) is 1.32. The van der Waals surface area contributed by atoms with Crippen LogP contribution in [0.25, 0.3) is 0 Å². The van der Waals surface area contributed by atoms with Crippen LogP contribution in [0.1, 0.15) is 17.3 Å². The maximum atomic E-state index is 11.7. The van der Waals surface area contributed by atoms with E-state index in [1.165, 1.54) is 12.3 Å². The van der Waals surface area contributed by atoms with Gasteiger partial charge in [-0.3, -0.25) is 10.1 Å². The average Bonchev–Trinajstić information content (AvgIpc) is 2.88. The van der Waals surface area contributed by atoms with Gasteiger partial charge in [0, 0.05) is 0 Å². The number of ether oxygens (including phenoxy) is 1. The Bertz CT molecular complexity index is 522. The van der Waals surface area contributed by atoms with Crippen LogP contribution in [0.3, 0.4) is 0 Å². The van der Waals surface area contributed by atoms with Crippen LogP contribution in [0.15, 0.2) is 16.7 Å². The Hall–Kier alpha value is -2.02. The highest BCUT2D eigenvalue weighted by atomic mass is 35.5. The molecule has 0 aliphatic heterocycles. The minimum atomic E-state index is -0.442. The van der Waals surface area contributed by atoms with Gasteiger partial charge in [-0.15, -0.1) is 5.10 Å². The molecule has 17 heavy (non-hydrogen) atoms. The fourth-order valence-corrected chi connectivity index (χ4v) is 1.33. The number of aromatic amines is 1. The summed E-state index contributed by atoms with van der Waals surface area (Å²) in [6.45, 7) is 2.25. The van der Waals surface area contributed by atoms with Crippen molar-refractivity contribution in [1.82, 2.24) is 15.2 Å². The van der Waals surface area contributed by atoms with E-state index >= 15 is 0 Å². The first kappa shape index (κ1) is 11.5. The zero-order chi connectivity index (χ0) is 12.3. The molecule has 8 heteroatoms. The van der Waals surface area contributed by atoms with E-state index in [-0.39, 0.29) is 22.7 Å². The first-order chi connectivity index (χ1) is 8.20. The zero-order valence-corrected chi connectivity index (χ0v) is 9.61. The number of nitrogens with zero attached hydrogens (tertiary/aromatic N) is 2. The summed E-state index contributed by atoms with van der Waals surface area (Å²) in [7, 11) is 0. The predicted molar refractivity (Wildman–Crippen MR) is 59.2 cm³/mol. The van der Waals surface area contributed by atoms with Crippen molar-refractivity contribution in [2.75, 3.05) is 11.9 Å². The van der Waals surface area contributed by atoms with Gasteiger partial charge in [-0.05, 0) is 24.6 Å². The third-order valence-corrected chi connectivity index (χ3v) is 2.13. The first-order valence-electron chi connectivity index (χ1n) is 4.80. The van der Waals surface area contributed by atoms with Crippen molar-refractivity contribution >= 4 is 23.5 Å². The van der Waals surface area contributed by atoms with Gasteiger partial charge in [0.2, 0.25) is 11.2 Å². The van der Waals surface area contributed by atoms with Gasteiger partial charge in [-0.1, -0.05) is 0 Å². The van der Waals surface area contributed by atoms with Crippen LogP contribution in [0.5, 0.6) is 6.01 Å². The number of amides is 1. The van der Waals surface area contributed by atoms with Crippen LogP contribution in [0.2, 0.25) is 5.22 Å². The van der Waals surface area contributed by atoms with Crippen molar-refractivity contribution < 1.29 is 13.9 Å². The standard InChI is InChI=1S/C9H9ClN4O3/c1-2-16-9-12-8(13-14-9)11-7(15)5-3-4-17-6(5)10/h3-4H,2H2,1H3,(H2,11,12,13,14,15). The van der Waals surface area contributed by atoms with E-state index in [4.69, 9.17) is 20.8 Å². The van der Waals surface area contributed by atoms with Gasteiger partial charge < -0.3 is 9.15 Å². The van der Waals surface area contributed by atoms with E-state index in [9.17, 15) is 4.79 Å². The number of nitrogens with one attached hydrogen (secondary N) is 2. The van der Waals surface area contributed by atoms with Crippen molar-refractivity contribution in [3.05, 3.63) is 23.1 Å². The predicted octanol–water partition coefficient (Wildman–Crippen LogP) is 1.70. The molecule has 0 atom stereocenters. The van der Waals surface area contributed by atoms with Crippen LogP contribution >= 0.6 is 11.6 Å². The Balaban J connectivity index is 2.05. The topological polar surface area (TPSA) is 93.0 Å². The van der Waals surface area contributed by atoms with Crippen LogP contribution < -0.4 is 10.1 Å². The summed E-state index contributed by atoms with van der Waals surface area (Å²) in [6, 6.07) is 1.62. The summed E-state index contributed by atoms with van der Waals surface area (Å²) in [5, 5.41) is 8.74. The molecule has 0 fully saturated rings. The van der Waals surface area contributed by atoms with Crippen LogP contribution in [-0.2, 0) is 0 Å². The van der Waals surface area contributed by atoms with E-state index < -0.39 is 5.91 Å². The summed E-state index contributed by atoms with van der Waals surface area (Å²) in [5.41, 5.74) is 0.223. The fourth-order valence-electron chi connectivity index (χ4n) is 1.13. The highest BCUT2D eigenvalue weighted by molar-refractivity contribution is 6.32. The second-order valence-electron chi connectivity index (χ2n) is 2.96. The SMILES string of the molecule is CCOc1n[nH]c(NC(=O)c2ccoc2Cl)n1. The molecular formula is C9H9ClN4O3. The number of anilines is 1. The Labute approximate surface area is 101 Å². The lowest BCUT2D eigenvalue weighted by Crippen LogP contribution is -2.12. The quantitative estimate of drug-likeness (QED) is 0.868. The number of H-pyrrole nitrogens is 1. The molecule has 0 radical (unpaired) electrons. The fraction of sp³-hybridized carbons (Fsp3) is 0.222. The van der Waals surface area contributed by atoms with E-state index in [2.05, 4.69) is 20.5 Å². The van der Waals surface area contributed by atoms with Crippen LogP contribution in [-0.4, -0.2) is 27.7 Å². The maximum absolute atomic E-state index is 11.7. The van der Waals surface area contributed by atoms with Gasteiger partial charge in [-0.2, -0.15) is 4.98 Å². The van der Waals surface area contributed by atoms with Gasteiger partial charge in [0.25, 0.3) is 5.91 Å². The third kappa shape index (κ3) is 2.56. The molecule has 1 amide bonds. The largest absolute Gasteiger partial charge is 0.463 e. The number of hydrogen-bond acceptors (Lipinski definition) is 5. The summed E-state index contributed by atoms with van der Waals surface area (Å²) in [5.74, 6) is -0.265. The van der Waals surface area contributed by atoms with Gasteiger partial charge in [0.05, 0.1) is 18.4 Å². The van der Waals surface area contributed by atoms with E-state index in [1.54, 1.807) is 6.92 Å². The summed E-state index contributed by atoms with van der Waals surface area (Å²) >= 11 is 5.66. The van der Waals surface area contributed by atoms with Crippen molar-refractivity contribution in [3.8, 4) is 6.01 Å². The van der Waals surface area contributed by atoms with E-state index in [0.717, 1.165) is 0 Å². The molecule has 0 bridgehead atoms. The lowest BCUT2D eigenvalue weighted by atomic mass is 10.3. The number of rotatable bonds is 4. The van der Waals surface area contributed by atoms with Gasteiger partial charge in [0.1, 0.15) is 0 Å². The Morgan fingerprint density at radius 3 is 3.18 bits per heavy atom. The molecule has 0 aliphatic carbocycles. The summed E-state index contributed by atoms with van der Waals surface area (Å²) in [4.78, 5) is 15.6. The minimum absolute atomic E-state index is 0.0204. The van der Waals surface area contributed by atoms with Crippen molar-refractivity contribution in [2.24, 2.45) is 0 Å². The lowest BCUT2D eigenvalue weighted by molar-refractivity contribution is 0.102. The van der Waals surface area contributed by atoms with E-state index in [0.29, 0.717) is 6.61 Å². The first-order valence-corrected chi connectivity index (χ1v) is 5.18. The number of halogens is 1. The molecule has 2 rings (SSSR count). The van der Waals surface area contributed by atoms with Gasteiger partial charge >= 0.3 is 6.01 Å². The minimum Gasteiger partial charge on any atom is -0.463 e. The molecule has 0 unspecified atom stereocenters. The maximum Gasteiger partial charge on any atom is 0.337 e. The molecule has 7 nitrogen and oxygen atoms in total. The number of carbonyl (C=O) groups is 1. The lowest BCUT2D eigenvalue weighted by Gasteiger charge is -1.97. The zero-order valence-electron chi connectivity index (χ0n) is 8.86. The highest BCUT2D eigenvalue weighted by Gasteiger charge is 2.15. The van der Waals surface area contributed by atoms with Gasteiger partial charge in [-0.25, -0.2) is 5.10 Å². The van der Waals surface area contributed by atoms with Crippen LogP contribution in [0.4, 0.5) is 5.95 Å². The second-order valence-corrected chi connectivity index (χ2v) is 3.30. The molecule has 2 heterocycles. The molecule has 90 valence electrons. The van der Waals surface area contributed by atoms with Crippen molar-refractivity contribution in [1.29, 1.82) is 0 Å². The Morgan fingerprint density at radius 2 is 2.53 bits per heavy atom. The molecule has 0 aliphatic rings. The molecule has 2 N–H and O–H groups in total. The Kier molecular flexibility index (Phi) is 3.29. The second kappa shape index (κ2) is 4.88. The smallest absolute Gasteiger partial charge is 0.337 e. The van der Waals surface area contributed by atoms with Crippen molar-refractivity contribution in [3.63, 3.8) is 0 Å². The normalized spacial score (nSPS) is 10.2. The van der Waals surface area contributed by atoms with Crippen LogP contribution in [0, 0.1) is 0 Å². The van der Waals surface area contributed by atoms with E-state index in [1.807, 2.05) is 0 Å². The highest BCUT2D eigenvalue weighted by Crippen LogP contribution is 2.17. The number of carbonyl (C=O) groups excluding carboxylic acids is 1. The molecule has 0 spiro atoms. The number of aromatic nitrogens is 3. The Morgan fingerprint density at radius 1 is 1.71 bits per heavy atom. The third-order valence-electron chi connectivity index (χ3n) is 1.83. The number of hydrogen-bond donors (Lipinski definition) is 2. The molecule has 0 saturated heterocycles. The molecule has 0 saturated carbocycles. The molecule has 2 aromatic rings. The molecule has 2 aromatic heterocycles. The molecular weight excluding hydrogens is 248 g/mol. The van der Waals surface area contributed by atoms with Gasteiger partial charge in [0.15, 0.2) is 0 Å². The van der Waals surface area contributed by atoms with Crippen molar-refractivity contribution in [2.45, 2.75) is 6.92 Å². The summed E-state index contributed by atoms with van der Waals surface area (Å²) < 4.78 is 9.83. The average molecular weight is 257 g/mol. The molecule has 0 aromatic carbocycles.